The van der Waals surface area contributed by atoms with Crippen LogP contribution in [0.25, 0.3) is 22.5 Å². The molecular formula is C26H28N2. The van der Waals surface area contributed by atoms with Crippen molar-refractivity contribution in [3.05, 3.63) is 66.5 Å². The number of benzene rings is 2. The zero-order valence-electron chi connectivity index (χ0n) is 17.3. The standard InChI is InChI=1S/C26H28N2/c1-25(2,3)17-18-26(4)16-11-19-28-23(21-14-9-6-10-15-21)22(27-24(26)28)20-12-7-5-8-13-20/h5-10,12-15H,11,16,19H2,1-4H3/t26-/m0/s1. The predicted molar refractivity (Wildman–Crippen MR) is 117 cm³/mol. The lowest BCUT2D eigenvalue weighted by molar-refractivity contribution is 0.399. The van der Waals surface area contributed by atoms with Gasteiger partial charge in [-0.25, -0.2) is 4.98 Å². The van der Waals surface area contributed by atoms with Crippen LogP contribution in [0, 0.1) is 17.3 Å². The van der Waals surface area contributed by atoms with Gasteiger partial charge in [-0.3, -0.25) is 0 Å². The smallest absolute Gasteiger partial charge is 0.127 e. The molecule has 0 unspecified atom stereocenters. The van der Waals surface area contributed by atoms with E-state index in [-0.39, 0.29) is 10.8 Å². The van der Waals surface area contributed by atoms with Crippen molar-refractivity contribution >= 4 is 0 Å². The molecule has 1 aromatic heterocycles. The Bertz CT molecular complexity index is 1030. The summed E-state index contributed by atoms with van der Waals surface area (Å²) in [6.45, 7) is 9.76. The number of hydrogen-bond acceptors (Lipinski definition) is 1. The summed E-state index contributed by atoms with van der Waals surface area (Å²) in [5, 5.41) is 0. The van der Waals surface area contributed by atoms with Crippen LogP contribution in [0.1, 0.15) is 46.4 Å². The van der Waals surface area contributed by atoms with Crippen LogP contribution in [0.2, 0.25) is 0 Å². The molecule has 142 valence electrons. The average Bonchev–Trinajstić information content (AvgIpc) is 3.09. The van der Waals surface area contributed by atoms with Gasteiger partial charge in [0, 0.05) is 23.1 Å². The van der Waals surface area contributed by atoms with E-state index in [4.69, 9.17) is 4.98 Å². The fourth-order valence-electron chi connectivity index (χ4n) is 3.92. The van der Waals surface area contributed by atoms with Crippen LogP contribution < -0.4 is 0 Å². The van der Waals surface area contributed by atoms with Gasteiger partial charge in [-0.05, 0) is 40.5 Å². The first kappa shape index (κ1) is 18.6. The molecule has 2 heterocycles. The average molecular weight is 369 g/mol. The van der Waals surface area contributed by atoms with Crippen molar-refractivity contribution in [3.8, 4) is 34.4 Å². The summed E-state index contributed by atoms with van der Waals surface area (Å²) in [5.41, 5.74) is 4.42. The maximum Gasteiger partial charge on any atom is 0.127 e. The highest BCUT2D eigenvalue weighted by Crippen LogP contribution is 2.41. The van der Waals surface area contributed by atoms with Crippen LogP contribution in [0.3, 0.4) is 0 Å². The van der Waals surface area contributed by atoms with Crippen molar-refractivity contribution in [1.82, 2.24) is 9.55 Å². The lowest BCUT2D eigenvalue weighted by atomic mass is 9.81. The van der Waals surface area contributed by atoms with Crippen molar-refractivity contribution in [3.63, 3.8) is 0 Å². The Hall–Kier alpha value is -2.79. The Morgan fingerprint density at radius 1 is 0.929 bits per heavy atom. The third-order valence-electron chi connectivity index (χ3n) is 5.33. The summed E-state index contributed by atoms with van der Waals surface area (Å²) in [5.74, 6) is 8.19. The minimum atomic E-state index is -0.220. The Morgan fingerprint density at radius 3 is 2.14 bits per heavy atom. The topological polar surface area (TPSA) is 17.8 Å². The fraction of sp³-hybridized carbons (Fsp3) is 0.346. The van der Waals surface area contributed by atoms with Gasteiger partial charge in [0.1, 0.15) is 5.82 Å². The van der Waals surface area contributed by atoms with Crippen LogP contribution in [0.5, 0.6) is 0 Å². The van der Waals surface area contributed by atoms with Gasteiger partial charge in [-0.15, -0.1) is 0 Å². The van der Waals surface area contributed by atoms with Crippen molar-refractivity contribution in [2.45, 2.75) is 52.5 Å². The van der Waals surface area contributed by atoms with E-state index in [0.717, 1.165) is 36.5 Å². The van der Waals surface area contributed by atoms with E-state index in [2.05, 4.69) is 105 Å². The van der Waals surface area contributed by atoms with Crippen molar-refractivity contribution in [2.24, 2.45) is 5.41 Å². The SMILES string of the molecule is CC(C)(C)C#C[C@]1(C)CCCn2c1nc(-c1ccccc1)c2-c1ccccc1. The zero-order chi connectivity index (χ0) is 19.8. The lowest BCUT2D eigenvalue weighted by Gasteiger charge is -2.30. The number of rotatable bonds is 2. The first-order chi connectivity index (χ1) is 13.4. The molecule has 2 aromatic carbocycles. The normalized spacial score (nSPS) is 18.9. The molecule has 4 rings (SSSR count). The predicted octanol–water partition coefficient (Wildman–Crippen LogP) is 6.32. The highest BCUT2D eigenvalue weighted by atomic mass is 15.1. The quantitative estimate of drug-likeness (QED) is 0.484. The summed E-state index contributed by atoms with van der Waals surface area (Å²) in [4.78, 5) is 5.21. The van der Waals surface area contributed by atoms with Gasteiger partial charge >= 0.3 is 0 Å². The van der Waals surface area contributed by atoms with E-state index in [0.29, 0.717) is 0 Å². The van der Waals surface area contributed by atoms with Crippen LogP contribution in [-0.2, 0) is 12.0 Å². The minimum Gasteiger partial charge on any atom is -0.326 e. The molecule has 0 N–H and O–H groups in total. The summed E-state index contributed by atoms with van der Waals surface area (Å²) in [6.07, 6.45) is 2.17. The Kier molecular flexibility index (Phi) is 4.63. The first-order valence-corrected chi connectivity index (χ1v) is 10.1. The minimum absolute atomic E-state index is 0.0115. The molecule has 0 spiro atoms. The van der Waals surface area contributed by atoms with E-state index in [1.54, 1.807) is 0 Å². The molecule has 0 bridgehead atoms. The molecule has 0 aliphatic carbocycles. The monoisotopic (exact) mass is 368 g/mol. The molecule has 1 aliphatic heterocycles. The summed E-state index contributed by atoms with van der Waals surface area (Å²) in [7, 11) is 0. The third kappa shape index (κ3) is 3.50. The second-order valence-corrected chi connectivity index (χ2v) is 8.95. The Morgan fingerprint density at radius 2 is 1.54 bits per heavy atom. The second kappa shape index (κ2) is 6.99. The van der Waals surface area contributed by atoms with Crippen molar-refractivity contribution in [2.75, 3.05) is 0 Å². The van der Waals surface area contributed by atoms with Crippen molar-refractivity contribution < 1.29 is 0 Å². The zero-order valence-corrected chi connectivity index (χ0v) is 17.3. The van der Waals surface area contributed by atoms with E-state index in [9.17, 15) is 0 Å². The van der Waals surface area contributed by atoms with Crippen LogP contribution in [0.4, 0.5) is 0 Å². The molecule has 0 radical (unpaired) electrons. The van der Waals surface area contributed by atoms with Crippen LogP contribution >= 0.6 is 0 Å². The van der Waals surface area contributed by atoms with E-state index in [1.165, 1.54) is 11.3 Å². The van der Waals surface area contributed by atoms with Crippen LogP contribution in [-0.4, -0.2) is 9.55 Å². The van der Waals surface area contributed by atoms with Gasteiger partial charge in [-0.1, -0.05) is 72.5 Å². The fourth-order valence-corrected chi connectivity index (χ4v) is 3.92. The van der Waals surface area contributed by atoms with E-state index in [1.807, 2.05) is 0 Å². The molecule has 1 aliphatic rings. The van der Waals surface area contributed by atoms with Gasteiger partial charge in [0.15, 0.2) is 0 Å². The number of fused-ring (bicyclic) bond motifs is 1. The summed E-state index contributed by atoms with van der Waals surface area (Å²) in [6, 6.07) is 21.2. The molecule has 28 heavy (non-hydrogen) atoms. The molecule has 1 atom stereocenters. The largest absolute Gasteiger partial charge is 0.326 e. The Labute approximate surface area is 168 Å². The number of imidazole rings is 1. The molecule has 0 amide bonds. The van der Waals surface area contributed by atoms with Crippen molar-refractivity contribution in [1.29, 1.82) is 0 Å². The Balaban J connectivity index is 1.96. The van der Waals surface area contributed by atoms with Gasteiger partial charge in [-0.2, -0.15) is 0 Å². The first-order valence-electron chi connectivity index (χ1n) is 10.1. The summed E-state index contributed by atoms with van der Waals surface area (Å²) >= 11 is 0. The van der Waals surface area contributed by atoms with Gasteiger partial charge < -0.3 is 4.57 Å². The highest BCUT2D eigenvalue weighted by molar-refractivity contribution is 5.79. The molecule has 0 fully saturated rings. The van der Waals surface area contributed by atoms with Crippen LogP contribution in [0.15, 0.2) is 60.7 Å². The van der Waals surface area contributed by atoms with Gasteiger partial charge in [0.25, 0.3) is 0 Å². The molecule has 2 heteroatoms. The maximum atomic E-state index is 5.21. The van der Waals surface area contributed by atoms with E-state index < -0.39 is 0 Å². The molecular weight excluding hydrogens is 340 g/mol. The molecule has 0 saturated carbocycles. The number of aromatic nitrogens is 2. The molecule has 2 nitrogen and oxygen atoms in total. The highest BCUT2D eigenvalue weighted by Gasteiger charge is 2.36. The third-order valence-corrected chi connectivity index (χ3v) is 5.33. The molecule has 3 aromatic rings. The van der Waals surface area contributed by atoms with E-state index >= 15 is 0 Å². The lowest BCUT2D eigenvalue weighted by Crippen LogP contribution is -2.30. The molecule has 0 saturated heterocycles. The van der Waals surface area contributed by atoms with Gasteiger partial charge in [0.2, 0.25) is 0 Å². The second-order valence-electron chi connectivity index (χ2n) is 8.95. The maximum absolute atomic E-state index is 5.21. The summed E-state index contributed by atoms with van der Waals surface area (Å²) < 4.78 is 2.42. The number of nitrogens with zero attached hydrogens (tertiary/aromatic N) is 2. The van der Waals surface area contributed by atoms with Gasteiger partial charge in [0.05, 0.1) is 16.8 Å². The number of hydrogen-bond donors (Lipinski definition) is 0.